The van der Waals surface area contributed by atoms with Crippen molar-refractivity contribution >= 4 is 57.2 Å². The zero-order valence-corrected chi connectivity index (χ0v) is 16.2. The Morgan fingerprint density at radius 1 is 0.964 bits per heavy atom. The number of ketones is 1. The molecule has 0 aliphatic carbocycles. The molecule has 7 nitrogen and oxygen atoms in total. The van der Waals surface area contributed by atoms with Crippen molar-refractivity contribution in [3.8, 4) is 0 Å². The average Bonchev–Trinajstić information content (AvgIpc) is 3.12. The monoisotopic (exact) mass is 414 g/mol. The lowest BCUT2D eigenvalue weighted by atomic mass is 10.1. The number of hydrogen-bond acceptors (Lipinski definition) is 5. The second kappa shape index (κ2) is 8.64. The lowest BCUT2D eigenvalue weighted by molar-refractivity contribution is 0.100. The third-order valence-corrected chi connectivity index (χ3v) is 4.60. The lowest BCUT2D eigenvalue weighted by Gasteiger charge is -2.05. The zero-order valence-electron chi connectivity index (χ0n) is 14.7. The molecule has 3 aromatic rings. The first-order chi connectivity index (χ1) is 13.4. The van der Waals surface area contributed by atoms with Gasteiger partial charge >= 0.3 is 6.03 Å². The molecular formula is C19H15ClN4O3S. The summed E-state index contributed by atoms with van der Waals surface area (Å²) in [7, 11) is 0. The Bertz CT molecular complexity index is 1030. The van der Waals surface area contributed by atoms with Crippen molar-refractivity contribution in [2.24, 2.45) is 0 Å². The van der Waals surface area contributed by atoms with E-state index in [4.69, 9.17) is 11.6 Å². The number of aromatic nitrogens is 1. The molecule has 3 amide bonds. The predicted molar refractivity (Wildman–Crippen MR) is 111 cm³/mol. The van der Waals surface area contributed by atoms with Crippen LogP contribution in [0.25, 0.3) is 0 Å². The van der Waals surface area contributed by atoms with Gasteiger partial charge in [-0.05, 0) is 43.3 Å². The van der Waals surface area contributed by atoms with Gasteiger partial charge in [-0.2, -0.15) is 0 Å². The van der Waals surface area contributed by atoms with Gasteiger partial charge in [0.1, 0.15) is 5.69 Å². The van der Waals surface area contributed by atoms with Crippen LogP contribution in [-0.4, -0.2) is 22.7 Å². The number of carbonyl (C=O) groups excluding carboxylic acids is 3. The number of urea groups is 1. The highest BCUT2D eigenvalue weighted by Gasteiger charge is 2.13. The van der Waals surface area contributed by atoms with Crippen LogP contribution in [0.3, 0.4) is 0 Å². The van der Waals surface area contributed by atoms with E-state index >= 15 is 0 Å². The van der Waals surface area contributed by atoms with Crippen LogP contribution in [-0.2, 0) is 0 Å². The molecule has 0 bridgehead atoms. The molecule has 0 saturated carbocycles. The summed E-state index contributed by atoms with van der Waals surface area (Å²) in [5.74, 6) is -0.536. The standard InChI is InChI=1S/C19H15ClN4O3S/c1-11(25)12-3-2-4-15(9-12)21-17(26)16-10-28-19(23-16)24-18(27)22-14-7-5-13(20)6-8-14/h2-10H,1H3,(H,21,26)(H2,22,23,24,27). The normalized spacial score (nSPS) is 10.2. The minimum Gasteiger partial charge on any atom is -0.321 e. The Kier molecular flexibility index (Phi) is 6.03. The van der Waals surface area contributed by atoms with Crippen LogP contribution in [0, 0.1) is 0 Å². The van der Waals surface area contributed by atoms with Crippen LogP contribution in [0.1, 0.15) is 27.8 Å². The van der Waals surface area contributed by atoms with Crippen LogP contribution in [0.5, 0.6) is 0 Å². The highest BCUT2D eigenvalue weighted by Crippen LogP contribution is 2.19. The van der Waals surface area contributed by atoms with Gasteiger partial charge in [0, 0.05) is 27.3 Å². The predicted octanol–water partition coefficient (Wildman–Crippen LogP) is 4.90. The smallest absolute Gasteiger partial charge is 0.321 e. The van der Waals surface area contributed by atoms with Gasteiger partial charge in [-0.15, -0.1) is 11.3 Å². The number of Topliss-reactive ketones (excluding diaryl/α,β-unsaturated/α-hetero) is 1. The summed E-state index contributed by atoms with van der Waals surface area (Å²) in [6.07, 6.45) is 0. The SMILES string of the molecule is CC(=O)c1cccc(NC(=O)c2csc(NC(=O)Nc3ccc(Cl)cc3)n2)c1. The summed E-state index contributed by atoms with van der Waals surface area (Å²) < 4.78 is 0. The Balaban J connectivity index is 1.60. The third kappa shape index (κ3) is 5.15. The van der Waals surface area contributed by atoms with E-state index in [0.29, 0.717) is 22.0 Å². The molecule has 0 spiro atoms. The molecule has 0 saturated heterocycles. The maximum absolute atomic E-state index is 12.3. The van der Waals surface area contributed by atoms with Gasteiger partial charge in [0.15, 0.2) is 10.9 Å². The van der Waals surface area contributed by atoms with Gasteiger partial charge in [0.25, 0.3) is 5.91 Å². The number of halogens is 1. The van der Waals surface area contributed by atoms with Crippen LogP contribution >= 0.6 is 22.9 Å². The fourth-order valence-electron chi connectivity index (χ4n) is 2.24. The van der Waals surface area contributed by atoms with Crippen molar-refractivity contribution in [1.82, 2.24) is 4.98 Å². The van der Waals surface area contributed by atoms with Gasteiger partial charge in [-0.3, -0.25) is 14.9 Å². The van der Waals surface area contributed by atoms with Crippen molar-refractivity contribution in [3.63, 3.8) is 0 Å². The summed E-state index contributed by atoms with van der Waals surface area (Å²) >= 11 is 6.92. The molecule has 28 heavy (non-hydrogen) atoms. The maximum Gasteiger partial charge on any atom is 0.325 e. The fraction of sp³-hybridized carbons (Fsp3) is 0.0526. The van der Waals surface area contributed by atoms with Gasteiger partial charge < -0.3 is 10.6 Å². The van der Waals surface area contributed by atoms with Crippen LogP contribution in [0.2, 0.25) is 5.02 Å². The maximum atomic E-state index is 12.3. The van der Waals surface area contributed by atoms with Gasteiger partial charge in [-0.1, -0.05) is 23.7 Å². The number of amides is 3. The summed E-state index contributed by atoms with van der Waals surface area (Å²) in [6, 6.07) is 12.8. The van der Waals surface area contributed by atoms with Gasteiger partial charge in [-0.25, -0.2) is 9.78 Å². The van der Waals surface area contributed by atoms with Gasteiger partial charge in [0.2, 0.25) is 0 Å². The van der Waals surface area contributed by atoms with Gasteiger partial charge in [0.05, 0.1) is 0 Å². The summed E-state index contributed by atoms with van der Waals surface area (Å²) in [6.45, 7) is 1.45. The van der Waals surface area contributed by atoms with Crippen molar-refractivity contribution in [2.45, 2.75) is 6.92 Å². The van der Waals surface area contributed by atoms with E-state index in [1.54, 1.807) is 48.5 Å². The first-order valence-electron chi connectivity index (χ1n) is 8.12. The van der Waals surface area contributed by atoms with E-state index < -0.39 is 11.9 Å². The van der Waals surface area contributed by atoms with E-state index in [1.807, 2.05) is 0 Å². The molecule has 3 rings (SSSR count). The number of rotatable bonds is 5. The lowest BCUT2D eigenvalue weighted by Crippen LogP contribution is -2.19. The molecule has 0 unspecified atom stereocenters. The number of nitrogens with one attached hydrogen (secondary N) is 3. The first-order valence-corrected chi connectivity index (χ1v) is 9.38. The number of thiazole rings is 1. The molecule has 3 N–H and O–H groups in total. The summed E-state index contributed by atoms with van der Waals surface area (Å²) in [5, 5.41) is 10.3. The van der Waals surface area contributed by atoms with Crippen LogP contribution < -0.4 is 16.0 Å². The Hall–Kier alpha value is -3.23. The van der Waals surface area contributed by atoms with Crippen molar-refractivity contribution in [1.29, 1.82) is 0 Å². The molecule has 0 aliphatic rings. The fourth-order valence-corrected chi connectivity index (χ4v) is 3.05. The Morgan fingerprint density at radius 2 is 1.71 bits per heavy atom. The summed E-state index contributed by atoms with van der Waals surface area (Å²) in [4.78, 5) is 39.9. The number of carbonyl (C=O) groups is 3. The summed E-state index contributed by atoms with van der Waals surface area (Å²) in [5.41, 5.74) is 1.71. The quantitative estimate of drug-likeness (QED) is 0.517. The average molecular weight is 415 g/mol. The largest absolute Gasteiger partial charge is 0.325 e. The minimum atomic E-state index is -0.488. The minimum absolute atomic E-state index is 0.0945. The Labute approximate surface area is 169 Å². The molecule has 9 heteroatoms. The molecule has 2 aromatic carbocycles. The third-order valence-electron chi connectivity index (χ3n) is 3.59. The molecule has 0 radical (unpaired) electrons. The molecule has 0 aliphatic heterocycles. The van der Waals surface area contributed by atoms with Crippen molar-refractivity contribution in [3.05, 3.63) is 70.2 Å². The van der Waals surface area contributed by atoms with E-state index in [1.165, 1.54) is 12.3 Å². The highest BCUT2D eigenvalue weighted by molar-refractivity contribution is 7.14. The second-order valence-electron chi connectivity index (χ2n) is 5.72. The molecule has 1 heterocycles. The number of benzene rings is 2. The second-order valence-corrected chi connectivity index (χ2v) is 7.01. The topological polar surface area (TPSA) is 100 Å². The molecular weight excluding hydrogens is 400 g/mol. The van der Waals surface area contributed by atoms with Crippen molar-refractivity contribution in [2.75, 3.05) is 16.0 Å². The molecule has 1 aromatic heterocycles. The number of anilines is 3. The van der Waals surface area contributed by atoms with E-state index in [9.17, 15) is 14.4 Å². The molecule has 142 valence electrons. The Morgan fingerprint density at radius 3 is 2.43 bits per heavy atom. The molecule has 0 fully saturated rings. The number of hydrogen-bond donors (Lipinski definition) is 3. The van der Waals surface area contributed by atoms with E-state index in [-0.39, 0.29) is 16.6 Å². The first kappa shape index (κ1) is 19.5. The van der Waals surface area contributed by atoms with Crippen molar-refractivity contribution < 1.29 is 14.4 Å². The van der Waals surface area contributed by atoms with E-state index in [0.717, 1.165) is 11.3 Å². The van der Waals surface area contributed by atoms with E-state index in [2.05, 4.69) is 20.9 Å². The highest BCUT2D eigenvalue weighted by atomic mass is 35.5. The van der Waals surface area contributed by atoms with Crippen LogP contribution in [0.15, 0.2) is 53.9 Å². The van der Waals surface area contributed by atoms with Crippen LogP contribution in [0.4, 0.5) is 21.3 Å². The molecule has 0 atom stereocenters. The number of nitrogens with zero attached hydrogens (tertiary/aromatic N) is 1. The zero-order chi connectivity index (χ0) is 20.1.